The standard InChI is InChI=1S/C25H22N2O2.C19H19N3O.CH5N/c1-19-26-24(17-27(19)16-20-8-4-2-5-9-20)22-12-14-23(15-13-22)25(28)29-18-21-10-6-3-7-11-21;1-14-21-18(13-22(14)12-15-6-4-3-5-7-15)16-8-10-17(11-9-16)19(23)20-2;1-2/h2-15,17H,16,18H2,1H3;3-11,13H,12H2,1-2H3,(H,20,23);2H2,1H3. The van der Waals surface area contributed by atoms with Gasteiger partial charge in [-0.15, -0.1) is 0 Å². The Kier molecular flexibility index (Phi) is 13.8. The van der Waals surface area contributed by atoms with Crippen molar-refractivity contribution in [1.29, 1.82) is 0 Å². The molecule has 0 bridgehead atoms. The number of hydrogen-bond acceptors (Lipinski definition) is 6. The average molecular weight is 719 g/mol. The molecule has 7 aromatic rings. The SMILES string of the molecule is CN.CNC(=O)c1ccc(-c2cn(Cc3ccccc3)c(C)n2)cc1.Cc1nc(-c2ccc(C(=O)OCc3ccccc3)cc2)cn1Cc1ccccc1. The number of rotatable bonds is 10. The number of hydrogen-bond donors (Lipinski definition) is 2. The highest BCUT2D eigenvalue weighted by Gasteiger charge is 2.12. The molecule has 2 aromatic heterocycles. The molecule has 54 heavy (non-hydrogen) atoms. The molecule has 9 nitrogen and oxygen atoms in total. The van der Waals surface area contributed by atoms with Gasteiger partial charge in [-0.05, 0) is 61.9 Å². The second kappa shape index (κ2) is 19.3. The van der Waals surface area contributed by atoms with Crippen molar-refractivity contribution in [3.63, 3.8) is 0 Å². The van der Waals surface area contributed by atoms with E-state index >= 15 is 0 Å². The number of carbonyl (C=O) groups excluding carboxylic acids is 2. The molecule has 0 aliphatic carbocycles. The molecule has 0 fully saturated rings. The molecule has 0 atom stereocenters. The number of nitrogens with zero attached hydrogens (tertiary/aromatic N) is 4. The third-order valence-corrected chi connectivity index (χ3v) is 8.64. The fraction of sp³-hybridized carbons (Fsp3) is 0.156. The van der Waals surface area contributed by atoms with Gasteiger partial charge in [0, 0.05) is 49.2 Å². The molecule has 7 rings (SSSR count). The van der Waals surface area contributed by atoms with Crippen LogP contribution in [0.25, 0.3) is 22.5 Å². The van der Waals surface area contributed by atoms with E-state index in [0.29, 0.717) is 11.1 Å². The summed E-state index contributed by atoms with van der Waals surface area (Å²) in [7, 11) is 3.13. The number of nitrogens with one attached hydrogen (secondary N) is 1. The molecule has 1 amide bonds. The summed E-state index contributed by atoms with van der Waals surface area (Å²) in [6, 6.07) is 45.2. The first-order chi connectivity index (χ1) is 26.4. The maximum atomic E-state index is 12.3. The number of amides is 1. The third-order valence-electron chi connectivity index (χ3n) is 8.64. The average Bonchev–Trinajstić information content (AvgIpc) is 3.79. The van der Waals surface area contributed by atoms with Crippen molar-refractivity contribution < 1.29 is 14.3 Å². The van der Waals surface area contributed by atoms with E-state index in [2.05, 4.69) is 60.6 Å². The van der Waals surface area contributed by atoms with E-state index in [-0.39, 0.29) is 18.5 Å². The predicted molar refractivity (Wildman–Crippen MR) is 215 cm³/mol. The minimum atomic E-state index is -0.328. The summed E-state index contributed by atoms with van der Waals surface area (Å²) >= 11 is 0. The Morgan fingerprint density at radius 3 is 1.37 bits per heavy atom. The van der Waals surface area contributed by atoms with Crippen LogP contribution in [0.1, 0.15) is 49.1 Å². The van der Waals surface area contributed by atoms with Gasteiger partial charge in [-0.2, -0.15) is 0 Å². The van der Waals surface area contributed by atoms with E-state index in [0.717, 1.165) is 52.8 Å². The van der Waals surface area contributed by atoms with Crippen molar-refractivity contribution in [3.05, 3.63) is 191 Å². The van der Waals surface area contributed by atoms with Crippen LogP contribution in [0.15, 0.2) is 152 Å². The minimum Gasteiger partial charge on any atom is -0.457 e. The van der Waals surface area contributed by atoms with E-state index < -0.39 is 0 Å². The highest BCUT2D eigenvalue weighted by molar-refractivity contribution is 5.94. The van der Waals surface area contributed by atoms with Crippen LogP contribution < -0.4 is 11.1 Å². The zero-order chi connectivity index (χ0) is 38.3. The number of carbonyl (C=O) groups is 2. The first kappa shape index (κ1) is 38.6. The molecule has 2 heterocycles. The van der Waals surface area contributed by atoms with Gasteiger partial charge in [-0.1, -0.05) is 115 Å². The highest BCUT2D eigenvalue weighted by atomic mass is 16.5. The van der Waals surface area contributed by atoms with Gasteiger partial charge in [0.2, 0.25) is 0 Å². The van der Waals surface area contributed by atoms with E-state index in [4.69, 9.17) is 4.74 Å². The molecule has 274 valence electrons. The van der Waals surface area contributed by atoms with E-state index in [9.17, 15) is 9.59 Å². The summed E-state index contributed by atoms with van der Waals surface area (Å²) in [5.74, 6) is 1.52. The Hall–Kier alpha value is -6.58. The number of aryl methyl sites for hydroxylation is 2. The molecular formula is C45H46N6O3. The summed E-state index contributed by atoms with van der Waals surface area (Å²) < 4.78 is 9.66. The second-order valence-electron chi connectivity index (χ2n) is 12.4. The first-order valence-electron chi connectivity index (χ1n) is 17.7. The highest BCUT2D eigenvalue weighted by Crippen LogP contribution is 2.22. The van der Waals surface area contributed by atoms with Crippen molar-refractivity contribution in [2.75, 3.05) is 14.1 Å². The van der Waals surface area contributed by atoms with Gasteiger partial charge < -0.3 is 24.9 Å². The number of nitrogens with two attached hydrogens (primary N) is 1. The van der Waals surface area contributed by atoms with Gasteiger partial charge in [0.1, 0.15) is 18.3 Å². The Morgan fingerprint density at radius 2 is 0.963 bits per heavy atom. The van der Waals surface area contributed by atoms with Crippen LogP contribution in [0.3, 0.4) is 0 Å². The van der Waals surface area contributed by atoms with Crippen LogP contribution in [0.5, 0.6) is 0 Å². The third kappa shape index (κ3) is 10.5. The van der Waals surface area contributed by atoms with Gasteiger partial charge >= 0.3 is 5.97 Å². The quantitative estimate of drug-likeness (QED) is 0.138. The Labute approximate surface area is 317 Å². The Bertz CT molecular complexity index is 2210. The maximum Gasteiger partial charge on any atom is 0.338 e. The monoisotopic (exact) mass is 718 g/mol. The fourth-order valence-corrected chi connectivity index (χ4v) is 5.70. The summed E-state index contributed by atoms with van der Waals surface area (Å²) in [4.78, 5) is 33.2. The van der Waals surface area contributed by atoms with Crippen molar-refractivity contribution in [2.45, 2.75) is 33.5 Å². The largest absolute Gasteiger partial charge is 0.457 e. The number of aromatic nitrogens is 4. The lowest BCUT2D eigenvalue weighted by Gasteiger charge is -2.05. The molecule has 5 aromatic carbocycles. The van der Waals surface area contributed by atoms with Gasteiger partial charge in [0.25, 0.3) is 5.91 Å². The Balaban J connectivity index is 0.000000204. The fourth-order valence-electron chi connectivity index (χ4n) is 5.70. The Morgan fingerprint density at radius 1 is 0.574 bits per heavy atom. The zero-order valence-electron chi connectivity index (χ0n) is 31.1. The van der Waals surface area contributed by atoms with Gasteiger partial charge in [-0.3, -0.25) is 4.79 Å². The minimum absolute atomic E-state index is 0.0812. The van der Waals surface area contributed by atoms with Crippen molar-refractivity contribution >= 4 is 11.9 Å². The molecule has 0 saturated carbocycles. The molecule has 0 aliphatic rings. The van der Waals surface area contributed by atoms with E-state index in [1.807, 2.05) is 123 Å². The number of ether oxygens (including phenoxy) is 1. The van der Waals surface area contributed by atoms with Crippen LogP contribution in [-0.4, -0.2) is 45.1 Å². The predicted octanol–water partition coefficient (Wildman–Crippen LogP) is 8.11. The van der Waals surface area contributed by atoms with Crippen LogP contribution in [0.2, 0.25) is 0 Å². The number of esters is 1. The summed E-state index contributed by atoms with van der Waals surface area (Å²) in [6.07, 6.45) is 4.10. The summed E-state index contributed by atoms with van der Waals surface area (Å²) in [5.41, 5.74) is 12.9. The topological polar surface area (TPSA) is 117 Å². The lowest BCUT2D eigenvalue weighted by Crippen LogP contribution is -2.17. The molecule has 0 saturated heterocycles. The maximum absolute atomic E-state index is 12.3. The van der Waals surface area contributed by atoms with Crippen LogP contribution in [0, 0.1) is 13.8 Å². The van der Waals surface area contributed by atoms with Gasteiger partial charge in [-0.25, -0.2) is 14.8 Å². The van der Waals surface area contributed by atoms with Crippen molar-refractivity contribution in [2.24, 2.45) is 5.73 Å². The van der Waals surface area contributed by atoms with Crippen molar-refractivity contribution in [1.82, 2.24) is 24.4 Å². The van der Waals surface area contributed by atoms with Crippen LogP contribution >= 0.6 is 0 Å². The smallest absolute Gasteiger partial charge is 0.338 e. The molecule has 0 unspecified atom stereocenters. The van der Waals surface area contributed by atoms with Gasteiger partial charge in [0.15, 0.2) is 0 Å². The number of imidazole rings is 2. The van der Waals surface area contributed by atoms with Crippen LogP contribution in [0.4, 0.5) is 0 Å². The molecule has 0 radical (unpaired) electrons. The first-order valence-corrected chi connectivity index (χ1v) is 17.7. The van der Waals surface area contributed by atoms with E-state index in [1.165, 1.54) is 18.2 Å². The van der Waals surface area contributed by atoms with E-state index in [1.54, 1.807) is 19.2 Å². The van der Waals surface area contributed by atoms with Crippen molar-refractivity contribution in [3.8, 4) is 22.5 Å². The number of benzene rings is 5. The molecule has 3 N–H and O–H groups in total. The molecular weight excluding hydrogens is 673 g/mol. The summed E-state index contributed by atoms with van der Waals surface area (Å²) in [5, 5.41) is 2.62. The molecule has 0 aliphatic heterocycles. The lowest BCUT2D eigenvalue weighted by molar-refractivity contribution is 0.0472. The van der Waals surface area contributed by atoms with Gasteiger partial charge in [0.05, 0.1) is 17.0 Å². The van der Waals surface area contributed by atoms with Crippen LogP contribution in [-0.2, 0) is 24.4 Å². The normalized spacial score (nSPS) is 10.3. The molecule has 0 spiro atoms. The lowest BCUT2D eigenvalue weighted by atomic mass is 10.1. The second-order valence-corrected chi connectivity index (χ2v) is 12.4. The summed E-state index contributed by atoms with van der Waals surface area (Å²) in [6.45, 7) is 5.86. The zero-order valence-corrected chi connectivity index (χ0v) is 31.1. The molecule has 9 heteroatoms.